The van der Waals surface area contributed by atoms with Gasteiger partial charge in [-0.15, -0.1) is 0 Å². The van der Waals surface area contributed by atoms with E-state index >= 15 is 0 Å². The normalized spacial score (nSPS) is 11.2. The van der Waals surface area contributed by atoms with E-state index in [-0.39, 0.29) is 12.6 Å². The van der Waals surface area contributed by atoms with Crippen LogP contribution in [0, 0.1) is 0 Å². The van der Waals surface area contributed by atoms with Gasteiger partial charge >= 0.3 is 5.97 Å². The van der Waals surface area contributed by atoms with E-state index in [4.69, 9.17) is 9.47 Å². The molecule has 3 aromatic rings. The van der Waals surface area contributed by atoms with Gasteiger partial charge in [-0.05, 0) is 55.7 Å². The molecule has 4 nitrogen and oxygen atoms in total. The van der Waals surface area contributed by atoms with Crippen molar-refractivity contribution >= 4 is 5.97 Å². The number of aliphatic hydroxyl groups excluding tert-OH is 1. The fraction of sp³-hybridized carbons (Fsp3) is 0.240. The van der Waals surface area contributed by atoms with Gasteiger partial charge in [0, 0.05) is 5.56 Å². The molecule has 3 aromatic carbocycles. The van der Waals surface area contributed by atoms with E-state index < -0.39 is 5.60 Å². The van der Waals surface area contributed by atoms with Crippen LogP contribution in [0.25, 0.3) is 11.1 Å². The topological polar surface area (TPSA) is 55.8 Å². The van der Waals surface area contributed by atoms with Gasteiger partial charge in [0.2, 0.25) is 0 Å². The monoisotopic (exact) mass is 390 g/mol. The van der Waals surface area contributed by atoms with E-state index in [9.17, 15) is 9.90 Å². The number of benzene rings is 3. The molecule has 0 spiro atoms. The molecule has 3 rings (SSSR count). The molecule has 1 N–H and O–H groups in total. The largest absolute Gasteiger partial charge is 0.489 e. The highest BCUT2D eigenvalue weighted by molar-refractivity contribution is 5.90. The standard InChI is InChI=1S/C25H26O4/c1-25(2,3)29-24(27)20-11-9-19(10-12-20)21-13-14-22(16-26)23(15-21)28-17-18-7-5-4-6-8-18/h4-15,26H,16-17H2,1-3H3. The molecule has 0 atom stereocenters. The van der Waals surface area contributed by atoms with Crippen molar-refractivity contribution < 1.29 is 19.4 Å². The van der Waals surface area contributed by atoms with Gasteiger partial charge in [0.1, 0.15) is 18.0 Å². The van der Waals surface area contributed by atoms with Crippen LogP contribution in [0.4, 0.5) is 0 Å². The number of aliphatic hydroxyl groups is 1. The highest BCUT2D eigenvalue weighted by Gasteiger charge is 2.17. The Kier molecular flexibility index (Phi) is 6.35. The number of hydrogen-bond donors (Lipinski definition) is 1. The van der Waals surface area contributed by atoms with Gasteiger partial charge in [0.25, 0.3) is 0 Å². The first kappa shape index (κ1) is 20.6. The number of carbonyl (C=O) groups is 1. The Morgan fingerprint density at radius 2 is 1.55 bits per heavy atom. The molecular formula is C25H26O4. The van der Waals surface area contributed by atoms with Crippen LogP contribution in [-0.4, -0.2) is 16.7 Å². The van der Waals surface area contributed by atoms with E-state index in [2.05, 4.69) is 0 Å². The van der Waals surface area contributed by atoms with Crippen LogP contribution < -0.4 is 4.74 Å². The second-order valence-electron chi connectivity index (χ2n) is 7.83. The lowest BCUT2D eigenvalue weighted by Gasteiger charge is -2.19. The summed E-state index contributed by atoms with van der Waals surface area (Å²) < 4.78 is 11.4. The maximum Gasteiger partial charge on any atom is 0.338 e. The minimum Gasteiger partial charge on any atom is -0.489 e. The van der Waals surface area contributed by atoms with E-state index in [0.29, 0.717) is 17.9 Å². The summed E-state index contributed by atoms with van der Waals surface area (Å²) in [5, 5.41) is 9.64. The smallest absolute Gasteiger partial charge is 0.338 e. The first-order valence-corrected chi connectivity index (χ1v) is 9.60. The van der Waals surface area contributed by atoms with Gasteiger partial charge in [0.15, 0.2) is 0 Å². The molecule has 0 bridgehead atoms. The Morgan fingerprint density at radius 1 is 0.897 bits per heavy atom. The lowest BCUT2D eigenvalue weighted by atomic mass is 10.0. The number of rotatable bonds is 6. The average molecular weight is 390 g/mol. The third-order valence-electron chi connectivity index (χ3n) is 4.33. The average Bonchev–Trinajstić information content (AvgIpc) is 2.71. The van der Waals surface area contributed by atoms with Gasteiger partial charge in [0.05, 0.1) is 12.2 Å². The van der Waals surface area contributed by atoms with Crippen molar-refractivity contribution in [3.8, 4) is 16.9 Å². The predicted molar refractivity (Wildman–Crippen MR) is 114 cm³/mol. The van der Waals surface area contributed by atoms with Crippen LogP contribution in [-0.2, 0) is 18.0 Å². The minimum absolute atomic E-state index is 0.0953. The molecule has 0 aromatic heterocycles. The van der Waals surface area contributed by atoms with Crippen molar-refractivity contribution in [1.82, 2.24) is 0 Å². The first-order valence-electron chi connectivity index (χ1n) is 9.60. The maximum absolute atomic E-state index is 12.2. The lowest BCUT2D eigenvalue weighted by molar-refractivity contribution is 0.00695. The summed E-state index contributed by atoms with van der Waals surface area (Å²) in [6.07, 6.45) is 0. The van der Waals surface area contributed by atoms with E-state index in [0.717, 1.165) is 22.3 Å². The number of esters is 1. The summed E-state index contributed by atoms with van der Waals surface area (Å²) in [7, 11) is 0. The van der Waals surface area contributed by atoms with Crippen molar-refractivity contribution in [3.05, 3.63) is 89.5 Å². The molecule has 0 unspecified atom stereocenters. The number of ether oxygens (including phenoxy) is 2. The van der Waals surface area contributed by atoms with E-state index in [1.807, 2.05) is 81.4 Å². The van der Waals surface area contributed by atoms with E-state index in [1.54, 1.807) is 12.1 Å². The molecule has 0 aliphatic heterocycles. The summed E-state index contributed by atoms with van der Waals surface area (Å²) in [6.45, 7) is 5.87. The molecule has 150 valence electrons. The van der Waals surface area contributed by atoms with E-state index in [1.165, 1.54) is 0 Å². The zero-order valence-corrected chi connectivity index (χ0v) is 17.0. The second kappa shape index (κ2) is 8.93. The fourth-order valence-corrected chi connectivity index (χ4v) is 2.87. The highest BCUT2D eigenvalue weighted by atomic mass is 16.6. The van der Waals surface area contributed by atoms with Crippen molar-refractivity contribution in [2.75, 3.05) is 0 Å². The lowest BCUT2D eigenvalue weighted by Crippen LogP contribution is -2.23. The zero-order chi connectivity index (χ0) is 20.9. The molecule has 0 amide bonds. The Bertz CT molecular complexity index is 954. The summed E-state index contributed by atoms with van der Waals surface area (Å²) in [5.74, 6) is 0.302. The third-order valence-corrected chi connectivity index (χ3v) is 4.33. The van der Waals surface area contributed by atoms with Gasteiger partial charge < -0.3 is 14.6 Å². The summed E-state index contributed by atoms with van der Waals surface area (Å²) >= 11 is 0. The summed E-state index contributed by atoms with van der Waals surface area (Å²) in [4.78, 5) is 12.2. The molecule has 0 aliphatic carbocycles. The highest BCUT2D eigenvalue weighted by Crippen LogP contribution is 2.29. The molecular weight excluding hydrogens is 364 g/mol. The minimum atomic E-state index is -0.527. The maximum atomic E-state index is 12.2. The number of carbonyl (C=O) groups excluding carboxylic acids is 1. The van der Waals surface area contributed by atoms with Crippen LogP contribution in [0.15, 0.2) is 72.8 Å². The molecule has 29 heavy (non-hydrogen) atoms. The van der Waals surface area contributed by atoms with Gasteiger partial charge in [-0.1, -0.05) is 54.6 Å². The Hall–Kier alpha value is -3.11. The Balaban J connectivity index is 1.79. The molecule has 0 heterocycles. The summed E-state index contributed by atoms with van der Waals surface area (Å²) in [5.41, 5.74) is 3.67. The molecule has 0 saturated carbocycles. The Labute approximate surface area is 171 Å². The molecule has 0 saturated heterocycles. The molecule has 0 fully saturated rings. The van der Waals surface area contributed by atoms with Crippen LogP contribution >= 0.6 is 0 Å². The second-order valence-corrected chi connectivity index (χ2v) is 7.83. The molecule has 0 radical (unpaired) electrons. The van der Waals surface area contributed by atoms with Gasteiger partial charge in [-0.25, -0.2) is 4.79 Å². The molecule has 4 heteroatoms. The molecule has 0 aliphatic rings. The predicted octanol–water partition coefficient (Wildman–Crippen LogP) is 5.38. The van der Waals surface area contributed by atoms with Crippen LogP contribution in [0.3, 0.4) is 0 Å². The van der Waals surface area contributed by atoms with Crippen molar-refractivity contribution in [2.45, 2.75) is 39.6 Å². The number of hydrogen-bond acceptors (Lipinski definition) is 4. The Morgan fingerprint density at radius 3 is 2.17 bits per heavy atom. The van der Waals surface area contributed by atoms with Crippen molar-refractivity contribution in [1.29, 1.82) is 0 Å². The van der Waals surface area contributed by atoms with Crippen LogP contribution in [0.1, 0.15) is 42.3 Å². The van der Waals surface area contributed by atoms with Crippen LogP contribution in [0.2, 0.25) is 0 Å². The zero-order valence-electron chi connectivity index (χ0n) is 17.0. The SMILES string of the molecule is CC(C)(C)OC(=O)c1ccc(-c2ccc(CO)c(OCc3ccccc3)c2)cc1. The van der Waals surface area contributed by atoms with Crippen molar-refractivity contribution in [2.24, 2.45) is 0 Å². The van der Waals surface area contributed by atoms with Gasteiger partial charge in [-0.3, -0.25) is 0 Å². The third kappa shape index (κ3) is 5.69. The first-order chi connectivity index (χ1) is 13.9. The quantitative estimate of drug-likeness (QED) is 0.574. The fourth-order valence-electron chi connectivity index (χ4n) is 2.87. The van der Waals surface area contributed by atoms with Crippen LogP contribution in [0.5, 0.6) is 5.75 Å². The summed E-state index contributed by atoms with van der Waals surface area (Å²) in [6, 6.07) is 22.9. The van der Waals surface area contributed by atoms with Gasteiger partial charge in [-0.2, -0.15) is 0 Å². The van der Waals surface area contributed by atoms with Crippen molar-refractivity contribution in [3.63, 3.8) is 0 Å².